The summed E-state index contributed by atoms with van der Waals surface area (Å²) < 4.78 is 20.1. The lowest BCUT2D eigenvalue weighted by Gasteiger charge is -2.23. The molecule has 1 aromatic heterocycles. The van der Waals surface area contributed by atoms with Gasteiger partial charge in [-0.05, 0) is 43.2 Å². The molecule has 134 valence electrons. The van der Waals surface area contributed by atoms with Gasteiger partial charge in [-0.2, -0.15) is 0 Å². The van der Waals surface area contributed by atoms with E-state index in [4.69, 9.17) is 16.3 Å². The normalized spacial score (nSPS) is 16.9. The van der Waals surface area contributed by atoms with Crippen molar-refractivity contribution in [3.8, 4) is 0 Å². The fourth-order valence-corrected chi connectivity index (χ4v) is 4.24. The van der Waals surface area contributed by atoms with Crippen molar-refractivity contribution in [1.29, 1.82) is 0 Å². The number of hydrogen-bond donors (Lipinski definition) is 0. The second kappa shape index (κ2) is 7.31. The van der Waals surface area contributed by atoms with E-state index in [-0.39, 0.29) is 22.6 Å². The summed E-state index contributed by atoms with van der Waals surface area (Å²) in [5.41, 5.74) is 1.09. The highest BCUT2D eigenvalue weighted by Gasteiger charge is 2.28. The van der Waals surface area contributed by atoms with Gasteiger partial charge in [0.2, 0.25) is 0 Å². The Balaban J connectivity index is 1.72. The van der Waals surface area contributed by atoms with Gasteiger partial charge in [0, 0.05) is 6.61 Å². The smallest absolute Gasteiger partial charge is 0.261 e. The Bertz CT molecular complexity index is 923. The molecule has 0 N–H and O–H groups in total. The molecule has 0 bridgehead atoms. The van der Waals surface area contributed by atoms with Crippen molar-refractivity contribution in [2.75, 3.05) is 18.1 Å². The predicted molar refractivity (Wildman–Crippen MR) is 102 cm³/mol. The number of fused-ring (bicyclic) bond motifs is 1. The van der Waals surface area contributed by atoms with Crippen molar-refractivity contribution in [1.82, 2.24) is 4.98 Å². The largest absolute Gasteiger partial charge is 0.376 e. The Hall–Kier alpha value is -2.02. The number of amides is 1. The maximum absolute atomic E-state index is 13.4. The van der Waals surface area contributed by atoms with Gasteiger partial charge in [0.15, 0.2) is 5.13 Å². The summed E-state index contributed by atoms with van der Waals surface area (Å²) in [6.07, 6.45) is 1.83. The van der Waals surface area contributed by atoms with E-state index >= 15 is 0 Å². The monoisotopic (exact) mass is 390 g/mol. The Morgan fingerprint density at radius 3 is 2.92 bits per heavy atom. The highest BCUT2D eigenvalue weighted by atomic mass is 35.5. The van der Waals surface area contributed by atoms with Gasteiger partial charge in [0.1, 0.15) is 5.82 Å². The van der Waals surface area contributed by atoms with Crippen LogP contribution in [-0.2, 0) is 4.74 Å². The molecule has 0 saturated carbocycles. The second-order valence-electron chi connectivity index (χ2n) is 6.14. The van der Waals surface area contributed by atoms with E-state index in [0.717, 1.165) is 29.1 Å². The SMILES string of the molecule is O=C(c1ccc(F)cc1Cl)N(CC1CCCO1)c1nc2ccccc2s1. The average Bonchev–Trinajstić information content (AvgIpc) is 3.28. The van der Waals surface area contributed by atoms with Gasteiger partial charge in [0.05, 0.1) is 33.5 Å². The van der Waals surface area contributed by atoms with Crippen LogP contribution < -0.4 is 4.90 Å². The molecule has 1 aliphatic rings. The van der Waals surface area contributed by atoms with E-state index in [1.165, 1.54) is 23.5 Å². The van der Waals surface area contributed by atoms with Crippen molar-refractivity contribution in [2.24, 2.45) is 0 Å². The van der Waals surface area contributed by atoms with Crippen molar-refractivity contribution in [3.05, 3.63) is 58.9 Å². The number of ether oxygens (including phenoxy) is 1. The minimum atomic E-state index is -0.475. The first-order chi connectivity index (χ1) is 12.6. The quantitative estimate of drug-likeness (QED) is 0.635. The number of anilines is 1. The molecule has 1 saturated heterocycles. The minimum Gasteiger partial charge on any atom is -0.376 e. The molecule has 26 heavy (non-hydrogen) atoms. The Labute approximate surface area is 159 Å². The number of rotatable bonds is 4. The molecule has 0 radical (unpaired) electrons. The van der Waals surface area contributed by atoms with Crippen LogP contribution in [0.25, 0.3) is 10.2 Å². The van der Waals surface area contributed by atoms with E-state index in [2.05, 4.69) is 4.98 Å². The molecule has 2 aromatic carbocycles. The van der Waals surface area contributed by atoms with E-state index in [1.807, 2.05) is 24.3 Å². The molecular weight excluding hydrogens is 375 g/mol. The summed E-state index contributed by atoms with van der Waals surface area (Å²) in [5.74, 6) is -0.776. The number of benzene rings is 2. The van der Waals surface area contributed by atoms with Crippen molar-refractivity contribution in [2.45, 2.75) is 18.9 Å². The number of thiazole rings is 1. The van der Waals surface area contributed by atoms with Crippen LogP contribution in [0.15, 0.2) is 42.5 Å². The average molecular weight is 391 g/mol. The third-order valence-corrected chi connectivity index (χ3v) is 5.70. The molecule has 4 nitrogen and oxygen atoms in total. The third-order valence-electron chi connectivity index (χ3n) is 4.33. The fraction of sp³-hybridized carbons (Fsp3) is 0.263. The first-order valence-corrected chi connectivity index (χ1v) is 9.55. The number of halogens is 2. The fourth-order valence-electron chi connectivity index (χ4n) is 3.02. The Morgan fingerprint density at radius 1 is 1.35 bits per heavy atom. The molecule has 1 unspecified atom stereocenters. The van der Waals surface area contributed by atoms with Gasteiger partial charge >= 0.3 is 0 Å². The zero-order valence-corrected chi connectivity index (χ0v) is 15.4. The third kappa shape index (κ3) is 3.45. The molecule has 1 amide bonds. The van der Waals surface area contributed by atoms with Gasteiger partial charge in [-0.25, -0.2) is 9.37 Å². The molecule has 1 fully saturated rings. The zero-order valence-electron chi connectivity index (χ0n) is 13.8. The summed E-state index contributed by atoms with van der Waals surface area (Å²) >= 11 is 7.56. The van der Waals surface area contributed by atoms with Gasteiger partial charge < -0.3 is 4.74 Å². The van der Waals surface area contributed by atoms with Crippen LogP contribution in [0.1, 0.15) is 23.2 Å². The van der Waals surface area contributed by atoms with Crippen LogP contribution in [0.2, 0.25) is 5.02 Å². The maximum atomic E-state index is 13.4. The van der Waals surface area contributed by atoms with Crippen LogP contribution in [0.4, 0.5) is 9.52 Å². The second-order valence-corrected chi connectivity index (χ2v) is 7.56. The predicted octanol–water partition coefficient (Wildman–Crippen LogP) is 4.91. The molecule has 1 aliphatic heterocycles. The molecule has 4 rings (SSSR count). The molecular formula is C19H16ClFN2O2S. The summed E-state index contributed by atoms with van der Waals surface area (Å²) in [5, 5.41) is 0.681. The van der Waals surface area contributed by atoms with E-state index in [1.54, 1.807) is 4.90 Å². The standard InChI is InChI=1S/C19H16ClFN2O2S/c20-15-10-12(21)7-8-14(15)18(24)23(11-13-4-3-9-25-13)19-22-16-5-1-2-6-17(16)26-19/h1-2,5-8,10,13H,3-4,9,11H2. The summed E-state index contributed by atoms with van der Waals surface area (Å²) in [7, 11) is 0. The highest BCUT2D eigenvalue weighted by Crippen LogP contribution is 2.31. The first kappa shape index (κ1) is 17.4. The lowest BCUT2D eigenvalue weighted by Crippen LogP contribution is -2.37. The van der Waals surface area contributed by atoms with Crippen molar-refractivity contribution < 1.29 is 13.9 Å². The van der Waals surface area contributed by atoms with Crippen LogP contribution in [0, 0.1) is 5.82 Å². The molecule has 3 aromatic rings. The summed E-state index contributed by atoms with van der Waals surface area (Å²) in [4.78, 5) is 19.4. The lowest BCUT2D eigenvalue weighted by atomic mass is 10.1. The van der Waals surface area contributed by atoms with Crippen molar-refractivity contribution >= 4 is 44.2 Å². The van der Waals surface area contributed by atoms with E-state index in [0.29, 0.717) is 18.3 Å². The maximum Gasteiger partial charge on any atom is 0.261 e. The van der Waals surface area contributed by atoms with Crippen LogP contribution in [-0.4, -0.2) is 30.1 Å². The van der Waals surface area contributed by atoms with Crippen LogP contribution >= 0.6 is 22.9 Å². The lowest BCUT2D eigenvalue weighted by molar-refractivity contribution is 0.0917. The van der Waals surface area contributed by atoms with Gasteiger partial charge in [-0.3, -0.25) is 9.69 Å². The molecule has 7 heteroatoms. The van der Waals surface area contributed by atoms with Crippen LogP contribution in [0.3, 0.4) is 0 Å². The summed E-state index contributed by atoms with van der Waals surface area (Å²) in [6, 6.07) is 11.5. The number of aromatic nitrogens is 1. The Kier molecular flexibility index (Phi) is 4.89. The number of nitrogens with zero attached hydrogens (tertiary/aromatic N) is 2. The molecule has 0 aliphatic carbocycles. The number of hydrogen-bond acceptors (Lipinski definition) is 4. The van der Waals surface area contributed by atoms with E-state index < -0.39 is 5.82 Å². The molecule has 0 spiro atoms. The highest BCUT2D eigenvalue weighted by molar-refractivity contribution is 7.22. The summed E-state index contributed by atoms with van der Waals surface area (Å²) in [6.45, 7) is 1.09. The first-order valence-electron chi connectivity index (χ1n) is 8.36. The Morgan fingerprint density at radius 2 is 2.19 bits per heavy atom. The van der Waals surface area contributed by atoms with Gasteiger partial charge in [-0.15, -0.1) is 0 Å². The topological polar surface area (TPSA) is 42.4 Å². The minimum absolute atomic E-state index is 0.0369. The zero-order chi connectivity index (χ0) is 18.1. The molecule has 2 heterocycles. The van der Waals surface area contributed by atoms with E-state index in [9.17, 15) is 9.18 Å². The number of para-hydroxylation sites is 1. The van der Waals surface area contributed by atoms with Crippen LogP contribution in [0.5, 0.6) is 0 Å². The van der Waals surface area contributed by atoms with Gasteiger partial charge in [-0.1, -0.05) is 35.1 Å². The van der Waals surface area contributed by atoms with Crippen molar-refractivity contribution in [3.63, 3.8) is 0 Å². The number of carbonyl (C=O) groups is 1. The van der Waals surface area contributed by atoms with Gasteiger partial charge in [0.25, 0.3) is 5.91 Å². The molecule has 1 atom stereocenters. The number of carbonyl (C=O) groups excluding carboxylic acids is 1.